The smallest absolute Gasteiger partial charge is 0.220 e. The first-order valence-corrected chi connectivity index (χ1v) is 8.90. The van der Waals surface area contributed by atoms with Gasteiger partial charge in [0.15, 0.2) is 0 Å². The van der Waals surface area contributed by atoms with Crippen LogP contribution in [0.15, 0.2) is 36.5 Å². The predicted molar refractivity (Wildman–Crippen MR) is 97.3 cm³/mol. The Hall–Kier alpha value is -2.14. The minimum Gasteiger partial charge on any atom is -0.357 e. The molecule has 1 aromatic heterocycles. The highest BCUT2D eigenvalue weighted by atomic mass is 35.5. The second kappa shape index (κ2) is 8.30. The molecule has 1 N–H and O–H groups in total. The number of aryl methyl sites for hydroxylation is 1. The molecule has 6 heteroatoms. The zero-order chi connectivity index (χ0) is 17.6. The van der Waals surface area contributed by atoms with Crippen molar-refractivity contribution < 1.29 is 9.18 Å². The van der Waals surface area contributed by atoms with Crippen molar-refractivity contribution in [2.24, 2.45) is 0 Å². The van der Waals surface area contributed by atoms with Gasteiger partial charge in [0.1, 0.15) is 11.6 Å². The second-order valence-electron chi connectivity index (χ2n) is 6.24. The van der Waals surface area contributed by atoms with Crippen LogP contribution < -0.4 is 10.2 Å². The summed E-state index contributed by atoms with van der Waals surface area (Å²) in [7, 11) is 0. The molecule has 25 heavy (non-hydrogen) atoms. The molecule has 0 unspecified atom stereocenters. The third-order valence-electron chi connectivity index (χ3n) is 4.35. The second-order valence-corrected chi connectivity index (χ2v) is 6.65. The summed E-state index contributed by atoms with van der Waals surface area (Å²) < 4.78 is 13.1. The lowest BCUT2D eigenvalue weighted by Gasteiger charge is -2.16. The molecule has 2 aromatic rings. The lowest BCUT2D eigenvalue weighted by Crippen LogP contribution is -2.23. The maximum absolute atomic E-state index is 13.1. The Morgan fingerprint density at radius 3 is 2.76 bits per heavy atom. The highest BCUT2D eigenvalue weighted by Crippen LogP contribution is 2.19. The van der Waals surface area contributed by atoms with Crippen LogP contribution in [-0.2, 0) is 17.8 Å². The molecule has 2 heterocycles. The first-order chi connectivity index (χ1) is 12.1. The highest BCUT2D eigenvalue weighted by molar-refractivity contribution is 6.30. The maximum atomic E-state index is 13.1. The molecule has 1 aromatic carbocycles. The summed E-state index contributed by atoms with van der Waals surface area (Å²) in [6, 6.07) is 8.47. The van der Waals surface area contributed by atoms with Crippen molar-refractivity contribution in [3.63, 3.8) is 0 Å². The number of benzene rings is 1. The largest absolute Gasteiger partial charge is 0.357 e. The molecule has 3 rings (SSSR count). The van der Waals surface area contributed by atoms with Gasteiger partial charge in [-0.05, 0) is 54.7 Å². The minimum atomic E-state index is -0.455. The van der Waals surface area contributed by atoms with E-state index >= 15 is 0 Å². The third-order valence-corrected chi connectivity index (χ3v) is 4.64. The van der Waals surface area contributed by atoms with Gasteiger partial charge in [-0.25, -0.2) is 9.37 Å². The van der Waals surface area contributed by atoms with Crippen molar-refractivity contribution in [1.82, 2.24) is 10.3 Å². The molecule has 132 valence electrons. The average Bonchev–Trinajstić information content (AvgIpc) is 3.16. The van der Waals surface area contributed by atoms with E-state index < -0.39 is 5.82 Å². The molecule has 0 radical (unpaired) electrons. The van der Waals surface area contributed by atoms with Gasteiger partial charge >= 0.3 is 0 Å². The van der Waals surface area contributed by atoms with Gasteiger partial charge in [-0.15, -0.1) is 0 Å². The molecule has 0 bridgehead atoms. The number of carbonyl (C=O) groups is 1. The zero-order valence-corrected chi connectivity index (χ0v) is 14.7. The Morgan fingerprint density at radius 2 is 2.00 bits per heavy atom. The number of nitrogens with zero attached hydrogens (tertiary/aromatic N) is 2. The number of nitrogens with one attached hydrogen (secondary N) is 1. The standard InChI is InChI=1S/C19H21ClFN3O/c20-16-11-15(3-5-17(16)21)13-23-19(25)6-4-14-7-8-22-18(12-14)24-9-1-2-10-24/h3,5,7-8,11-12H,1-2,4,6,9-10,13H2,(H,23,25). The molecule has 1 saturated heterocycles. The van der Waals surface area contributed by atoms with E-state index in [1.165, 1.54) is 25.0 Å². The van der Waals surface area contributed by atoms with Crippen molar-refractivity contribution in [3.8, 4) is 0 Å². The monoisotopic (exact) mass is 361 g/mol. The number of carbonyl (C=O) groups excluding carboxylic acids is 1. The summed E-state index contributed by atoms with van der Waals surface area (Å²) in [5, 5.41) is 2.91. The summed E-state index contributed by atoms with van der Waals surface area (Å²) in [5.41, 5.74) is 1.89. The zero-order valence-electron chi connectivity index (χ0n) is 14.0. The maximum Gasteiger partial charge on any atom is 0.220 e. The van der Waals surface area contributed by atoms with E-state index in [0.29, 0.717) is 19.4 Å². The van der Waals surface area contributed by atoms with E-state index in [1.807, 2.05) is 6.07 Å². The molecule has 1 amide bonds. The third kappa shape index (κ3) is 4.92. The van der Waals surface area contributed by atoms with Gasteiger partial charge in [-0.3, -0.25) is 4.79 Å². The summed E-state index contributed by atoms with van der Waals surface area (Å²) in [6.45, 7) is 2.45. The highest BCUT2D eigenvalue weighted by Gasteiger charge is 2.13. The van der Waals surface area contributed by atoms with Crippen LogP contribution in [-0.4, -0.2) is 24.0 Å². The number of halogens is 2. The number of aromatic nitrogens is 1. The molecule has 0 saturated carbocycles. The molecule has 1 fully saturated rings. The fourth-order valence-corrected chi connectivity index (χ4v) is 3.13. The van der Waals surface area contributed by atoms with Crippen molar-refractivity contribution in [1.29, 1.82) is 0 Å². The summed E-state index contributed by atoms with van der Waals surface area (Å²) in [6.07, 6.45) is 5.29. The Kier molecular flexibility index (Phi) is 5.87. The molecular weight excluding hydrogens is 341 g/mol. The van der Waals surface area contributed by atoms with Crippen LogP contribution >= 0.6 is 11.6 Å². The first kappa shape index (κ1) is 17.7. The average molecular weight is 362 g/mol. The SMILES string of the molecule is O=C(CCc1ccnc(N2CCCC2)c1)NCc1ccc(F)c(Cl)c1. The van der Waals surface area contributed by atoms with Gasteiger partial charge < -0.3 is 10.2 Å². The van der Waals surface area contributed by atoms with Gasteiger partial charge in [0, 0.05) is 32.3 Å². The van der Waals surface area contributed by atoms with Crippen molar-refractivity contribution in [3.05, 3.63) is 58.5 Å². The van der Waals surface area contributed by atoms with Crippen LogP contribution in [0, 0.1) is 5.82 Å². The van der Waals surface area contributed by atoms with Crippen LogP contribution in [0.3, 0.4) is 0 Å². The van der Waals surface area contributed by atoms with E-state index in [2.05, 4.69) is 21.3 Å². The number of amides is 1. The molecule has 1 aliphatic rings. The quantitative estimate of drug-likeness (QED) is 0.852. The fourth-order valence-electron chi connectivity index (χ4n) is 2.93. The van der Waals surface area contributed by atoms with E-state index in [-0.39, 0.29) is 10.9 Å². The Balaban J connectivity index is 1.48. The number of hydrogen-bond acceptors (Lipinski definition) is 3. The van der Waals surface area contributed by atoms with Gasteiger partial charge in [-0.2, -0.15) is 0 Å². The summed E-state index contributed by atoms with van der Waals surface area (Å²) in [5.74, 6) is 0.500. The number of pyridine rings is 1. The molecule has 0 aliphatic carbocycles. The molecule has 4 nitrogen and oxygen atoms in total. The van der Waals surface area contributed by atoms with Crippen LogP contribution in [0.25, 0.3) is 0 Å². The van der Waals surface area contributed by atoms with Crippen LogP contribution in [0.1, 0.15) is 30.4 Å². The van der Waals surface area contributed by atoms with E-state index in [0.717, 1.165) is 30.0 Å². The summed E-state index contributed by atoms with van der Waals surface area (Å²) in [4.78, 5) is 18.7. The lowest BCUT2D eigenvalue weighted by molar-refractivity contribution is -0.121. The Bertz CT molecular complexity index is 747. The van der Waals surface area contributed by atoms with Gasteiger partial charge in [0.05, 0.1) is 5.02 Å². The van der Waals surface area contributed by atoms with Gasteiger partial charge in [0.25, 0.3) is 0 Å². The van der Waals surface area contributed by atoms with Crippen LogP contribution in [0.2, 0.25) is 5.02 Å². The topological polar surface area (TPSA) is 45.2 Å². The normalized spacial score (nSPS) is 13.9. The predicted octanol–water partition coefficient (Wildman–Crippen LogP) is 3.72. The van der Waals surface area contributed by atoms with Crippen molar-refractivity contribution in [2.75, 3.05) is 18.0 Å². The number of hydrogen-bond donors (Lipinski definition) is 1. The van der Waals surface area contributed by atoms with E-state index in [9.17, 15) is 9.18 Å². The number of anilines is 1. The van der Waals surface area contributed by atoms with E-state index in [4.69, 9.17) is 11.6 Å². The molecule has 0 atom stereocenters. The number of rotatable bonds is 6. The van der Waals surface area contributed by atoms with Gasteiger partial charge in [0.2, 0.25) is 5.91 Å². The van der Waals surface area contributed by atoms with Crippen molar-refractivity contribution in [2.45, 2.75) is 32.2 Å². The first-order valence-electron chi connectivity index (χ1n) is 8.52. The Labute approximate surface area is 152 Å². The van der Waals surface area contributed by atoms with Crippen molar-refractivity contribution >= 4 is 23.3 Å². The fraction of sp³-hybridized carbons (Fsp3) is 0.368. The van der Waals surface area contributed by atoms with Gasteiger partial charge in [-0.1, -0.05) is 17.7 Å². The molecule has 1 aliphatic heterocycles. The molecule has 0 spiro atoms. The van der Waals surface area contributed by atoms with Crippen LogP contribution in [0.4, 0.5) is 10.2 Å². The Morgan fingerprint density at radius 1 is 1.20 bits per heavy atom. The van der Waals surface area contributed by atoms with E-state index in [1.54, 1.807) is 12.3 Å². The van der Waals surface area contributed by atoms with Crippen LogP contribution in [0.5, 0.6) is 0 Å². The lowest BCUT2D eigenvalue weighted by atomic mass is 10.1. The minimum absolute atomic E-state index is 0.0417. The summed E-state index contributed by atoms with van der Waals surface area (Å²) >= 11 is 5.74. The molecular formula is C19H21ClFN3O.